The minimum absolute atomic E-state index is 0.0334. The fourth-order valence-corrected chi connectivity index (χ4v) is 2.35. The zero-order chi connectivity index (χ0) is 15.7. The second-order valence-corrected chi connectivity index (χ2v) is 5.38. The highest BCUT2D eigenvalue weighted by molar-refractivity contribution is 6.30. The maximum atomic E-state index is 13.2. The van der Waals surface area contributed by atoms with Gasteiger partial charge in [0.15, 0.2) is 5.60 Å². The van der Waals surface area contributed by atoms with Crippen molar-refractivity contribution in [2.75, 3.05) is 7.11 Å². The molecule has 0 saturated heterocycles. The Morgan fingerprint density at radius 1 is 1.30 bits per heavy atom. The van der Waals surface area contributed by atoms with Gasteiger partial charge < -0.3 is 9.84 Å². The van der Waals surface area contributed by atoms with Gasteiger partial charge in [-0.3, -0.25) is 0 Å². The van der Waals surface area contributed by atoms with E-state index >= 15 is 0 Å². The Balaban J connectivity index is 3.66. The van der Waals surface area contributed by atoms with Crippen LogP contribution >= 0.6 is 11.6 Å². The Morgan fingerprint density at radius 3 is 2.20 bits per heavy atom. The van der Waals surface area contributed by atoms with E-state index in [1.165, 1.54) is 14.0 Å². The Labute approximate surface area is 121 Å². The van der Waals surface area contributed by atoms with Crippen molar-refractivity contribution in [3.8, 4) is 5.75 Å². The van der Waals surface area contributed by atoms with Crippen molar-refractivity contribution in [1.29, 1.82) is 0 Å². The lowest BCUT2D eigenvalue weighted by Crippen LogP contribution is -2.42. The molecule has 0 spiro atoms. The molecule has 0 bridgehead atoms. The molecule has 0 aliphatic rings. The largest absolute Gasteiger partial charge is 0.496 e. The summed E-state index contributed by atoms with van der Waals surface area (Å²) >= 11 is 5.90. The average molecular weight is 311 g/mol. The van der Waals surface area contributed by atoms with Crippen molar-refractivity contribution in [2.24, 2.45) is 0 Å². The number of rotatable bonds is 4. The molecule has 1 unspecified atom stereocenters. The maximum absolute atomic E-state index is 13.2. The quantitative estimate of drug-likeness (QED) is 0.878. The monoisotopic (exact) mass is 310 g/mol. The smallest absolute Gasteiger partial charge is 0.421 e. The van der Waals surface area contributed by atoms with Crippen molar-refractivity contribution in [1.82, 2.24) is 0 Å². The van der Waals surface area contributed by atoms with Crippen LogP contribution in [0.5, 0.6) is 5.75 Å². The summed E-state index contributed by atoms with van der Waals surface area (Å²) in [6.07, 6.45) is -5.33. The standard InChI is InChI=1S/C14H18ClF3O2/c1-5-13(19,14(16,17)18)11-7-9(15)6-10(8(2)3)12(11)20-4/h6-8,19H,5H2,1-4H3. The number of hydrogen-bond donors (Lipinski definition) is 1. The highest BCUT2D eigenvalue weighted by Gasteiger charge is 2.55. The predicted molar refractivity (Wildman–Crippen MR) is 72.3 cm³/mol. The van der Waals surface area contributed by atoms with E-state index in [9.17, 15) is 18.3 Å². The van der Waals surface area contributed by atoms with E-state index in [2.05, 4.69) is 0 Å². The first-order valence-corrected chi connectivity index (χ1v) is 6.63. The molecule has 1 N–H and O–H groups in total. The molecule has 0 heterocycles. The van der Waals surface area contributed by atoms with E-state index in [4.69, 9.17) is 16.3 Å². The first-order valence-electron chi connectivity index (χ1n) is 6.25. The van der Waals surface area contributed by atoms with Crippen LogP contribution in [0, 0.1) is 0 Å². The Morgan fingerprint density at radius 2 is 1.85 bits per heavy atom. The van der Waals surface area contributed by atoms with Crippen LogP contribution in [-0.4, -0.2) is 18.4 Å². The summed E-state index contributed by atoms with van der Waals surface area (Å²) in [6, 6.07) is 2.67. The van der Waals surface area contributed by atoms with Crippen molar-refractivity contribution in [2.45, 2.75) is 44.9 Å². The molecule has 1 rings (SSSR count). The van der Waals surface area contributed by atoms with Gasteiger partial charge in [0.25, 0.3) is 0 Å². The lowest BCUT2D eigenvalue weighted by atomic mass is 9.86. The molecule has 0 amide bonds. The topological polar surface area (TPSA) is 29.5 Å². The van der Waals surface area contributed by atoms with Gasteiger partial charge in [-0.15, -0.1) is 0 Å². The highest BCUT2D eigenvalue weighted by Crippen LogP contribution is 2.47. The summed E-state index contributed by atoms with van der Waals surface area (Å²) in [5, 5.41) is 10.2. The molecular formula is C14H18ClF3O2. The second kappa shape index (κ2) is 5.82. The van der Waals surface area contributed by atoms with Crippen LogP contribution in [0.4, 0.5) is 13.2 Å². The van der Waals surface area contributed by atoms with E-state index < -0.39 is 18.2 Å². The third-order valence-electron chi connectivity index (χ3n) is 3.33. The number of aliphatic hydroxyl groups is 1. The van der Waals surface area contributed by atoms with E-state index in [-0.39, 0.29) is 22.3 Å². The van der Waals surface area contributed by atoms with Crippen molar-refractivity contribution >= 4 is 11.6 Å². The average Bonchev–Trinajstić information content (AvgIpc) is 2.35. The van der Waals surface area contributed by atoms with Gasteiger partial charge in [0.1, 0.15) is 5.75 Å². The zero-order valence-electron chi connectivity index (χ0n) is 11.8. The van der Waals surface area contributed by atoms with Gasteiger partial charge in [0, 0.05) is 10.6 Å². The molecule has 1 aromatic rings. The molecule has 6 heteroatoms. The summed E-state index contributed by atoms with van der Waals surface area (Å²) in [7, 11) is 1.28. The van der Waals surface area contributed by atoms with Crippen LogP contribution in [0.3, 0.4) is 0 Å². The lowest BCUT2D eigenvalue weighted by Gasteiger charge is -2.32. The van der Waals surface area contributed by atoms with Gasteiger partial charge in [-0.25, -0.2) is 0 Å². The lowest BCUT2D eigenvalue weighted by molar-refractivity contribution is -0.268. The Hall–Kier alpha value is -0.940. The van der Waals surface area contributed by atoms with Crippen molar-refractivity contribution in [3.63, 3.8) is 0 Å². The predicted octanol–water partition coefficient (Wildman–Crippen LogP) is 4.63. The second-order valence-electron chi connectivity index (χ2n) is 4.94. The molecule has 0 aliphatic heterocycles. The molecule has 0 saturated carbocycles. The van der Waals surface area contributed by atoms with Crippen LogP contribution < -0.4 is 4.74 Å². The summed E-state index contributed by atoms with van der Waals surface area (Å²) < 4.78 is 44.8. The number of alkyl halides is 3. The fraction of sp³-hybridized carbons (Fsp3) is 0.571. The van der Waals surface area contributed by atoms with Crippen LogP contribution in [0.2, 0.25) is 5.02 Å². The minimum Gasteiger partial charge on any atom is -0.496 e. The summed E-state index contributed by atoms with van der Waals surface area (Å²) in [6.45, 7) is 4.90. The molecule has 20 heavy (non-hydrogen) atoms. The van der Waals surface area contributed by atoms with Gasteiger partial charge in [-0.2, -0.15) is 13.2 Å². The first kappa shape index (κ1) is 17.1. The molecule has 1 aromatic carbocycles. The van der Waals surface area contributed by atoms with E-state index in [1.807, 2.05) is 13.8 Å². The maximum Gasteiger partial charge on any atom is 0.421 e. The minimum atomic E-state index is -4.81. The van der Waals surface area contributed by atoms with E-state index in [1.54, 1.807) is 6.07 Å². The molecule has 1 atom stereocenters. The fourth-order valence-electron chi connectivity index (χ4n) is 2.12. The molecular weight excluding hydrogens is 293 g/mol. The molecule has 0 aliphatic carbocycles. The van der Waals surface area contributed by atoms with Crippen LogP contribution in [-0.2, 0) is 5.60 Å². The molecule has 2 nitrogen and oxygen atoms in total. The number of hydrogen-bond acceptors (Lipinski definition) is 2. The van der Waals surface area contributed by atoms with E-state index in [0.29, 0.717) is 5.56 Å². The summed E-state index contributed by atoms with van der Waals surface area (Å²) in [5.74, 6) is -0.0529. The van der Waals surface area contributed by atoms with Gasteiger partial charge in [-0.05, 0) is 30.0 Å². The van der Waals surface area contributed by atoms with Gasteiger partial charge in [0.2, 0.25) is 0 Å². The Bertz CT molecular complexity index is 486. The molecule has 114 valence electrons. The Kier molecular flexibility index (Phi) is 4.98. The van der Waals surface area contributed by atoms with Crippen LogP contribution in [0.15, 0.2) is 12.1 Å². The SMILES string of the molecule is CCC(O)(c1cc(Cl)cc(C(C)C)c1OC)C(F)(F)F. The summed E-state index contributed by atoms with van der Waals surface area (Å²) in [4.78, 5) is 0. The van der Waals surface area contributed by atoms with Crippen molar-refractivity contribution < 1.29 is 23.0 Å². The number of halogens is 4. The van der Waals surface area contributed by atoms with Gasteiger partial charge >= 0.3 is 6.18 Å². The van der Waals surface area contributed by atoms with Crippen LogP contribution in [0.1, 0.15) is 44.2 Å². The molecule has 0 fully saturated rings. The van der Waals surface area contributed by atoms with Crippen molar-refractivity contribution in [3.05, 3.63) is 28.3 Å². The summed E-state index contributed by atoms with van der Waals surface area (Å²) in [5.41, 5.74) is -2.79. The highest BCUT2D eigenvalue weighted by atomic mass is 35.5. The van der Waals surface area contributed by atoms with Crippen LogP contribution in [0.25, 0.3) is 0 Å². The number of methoxy groups -OCH3 is 1. The van der Waals surface area contributed by atoms with E-state index in [0.717, 1.165) is 6.07 Å². The zero-order valence-corrected chi connectivity index (χ0v) is 12.6. The number of benzene rings is 1. The van der Waals surface area contributed by atoms with Gasteiger partial charge in [0.05, 0.1) is 7.11 Å². The number of ether oxygens (including phenoxy) is 1. The normalized spacial score (nSPS) is 15.3. The third-order valence-corrected chi connectivity index (χ3v) is 3.55. The van der Waals surface area contributed by atoms with Gasteiger partial charge in [-0.1, -0.05) is 32.4 Å². The third kappa shape index (κ3) is 2.88. The molecule has 0 radical (unpaired) electrons. The molecule has 0 aromatic heterocycles. The first-order chi connectivity index (χ1) is 9.08.